The Morgan fingerprint density at radius 2 is 1.74 bits per heavy atom. The van der Waals surface area contributed by atoms with Crippen LogP contribution >= 0.6 is 0 Å². The number of hydrogen-bond acceptors (Lipinski definition) is 8. The van der Waals surface area contributed by atoms with Gasteiger partial charge in [-0.1, -0.05) is 0 Å². The molecular weight excluding hydrogens is 352 g/mol. The molecule has 0 fully saturated rings. The van der Waals surface area contributed by atoms with Crippen molar-refractivity contribution in [3.63, 3.8) is 0 Å². The van der Waals surface area contributed by atoms with E-state index in [-0.39, 0.29) is 24.7 Å². The molecule has 0 saturated carbocycles. The van der Waals surface area contributed by atoms with Crippen LogP contribution in [0.15, 0.2) is 36.3 Å². The second kappa shape index (κ2) is 9.27. The Bertz CT molecular complexity index is 874. The number of anilines is 2. The van der Waals surface area contributed by atoms with E-state index in [1.54, 1.807) is 32.0 Å². The normalized spacial score (nSPS) is 10.0. The number of esters is 2. The summed E-state index contributed by atoms with van der Waals surface area (Å²) in [5.74, 6) is -1.48. The van der Waals surface area contributed by atoms with Gasteiger partial charge < -0.3 is 20.1 Å². The number of amides is 1. The van der Waals surface area contributed by atoms with Crippen LogP contribution in [-0.2, 0) is 23.9 Å². The Balaban J connectivity index is 2.39. The van der Waals surface area contributed by atoms with E-state index >= 15 is 0 Å². The number of fused-ring (bicyclic) bond motifs is 1. The van der Waals surface area contributed by atoms with Crippen molar-refractivity contribution in [2.75, 3.05) is 23.8 Å². The first kappa shape index (κ1) is 19.8. The molecule has 0 unspecified atom stereocenters. The lowest BCUT2D eigenvalue weighted by atomic mass is 10.2. The lowest BCUT2D eigenvalue weighted by Crippen LogP contribution is -2.19. The van der Waals surface area contributed by atoms with E-state index in [9.17, 15) is 14.4 Å². The van der Waals surface area contributed by atoms with Crippen molar-refractivity contribution in [3.8, 4) is 0 Å². The number of carbonyl (C=O) groups is 3. The minimum atomic E-state index is -0.805. The zero-order valence-electron chi connectivity index (χ0n) is 15.2. The van der Waals surface area contributed by atoms with Crippen LogP contribution in [-0.4, -0.2) is 41.0 Å². The van der Waals surface area contributed by atoms with Crippen LogP contribution in [0.2, 0.25) is 0 Å². The first-order chi connectivity index (χ1) is 13.0. The first-order valence-corrected chi connectivity index (χ1v) is 8.29. The van der Waals surface area contributed by atoms with Gasteiger partial charge >= 0.3 is 11.9 Å². The standard InChI is InChI=1S/C18H20N4O5/c1-4-26-17(24)14(18(25)27-5-2)9-19-16-13-8-12(22-11(3)23)6-7-15(13)20-10-21-16/h6-10H,4-5H2,1-3H3,(H,22,23)(H,19,20,21). The number of hydrogen-bond donors (Lipinski definition) is 2. The summed E-state index contributed by atoms with van der Waals surface area (Å²) in [6.45, 7) is 4.90. The highest BCUT2D eigenvalue weighted by atomic mass is 16.6. The zero-order valence-corrected chi connectivity index (χ0v) is 15.2. The number of aromatic nitrogens is 2. The minimum absolute atomic E-state index is 0.117. The van der Waals surface area contributed by atoms with Crippen molar-refractivity contribution < 1.29 is 23.9 Å². The third-order valence-electron chi connectivity index (χ3n) is 3.30. The maximum atomic E-state index is 12.0. The molecule has 0 aliphatic heterocycles. The summed E-state index contributed by atoms with van der Waals surface area (Å²) in [4.78, 5) is 43.5. The molecule has 0 saturated heterocycles. The Morgan fingerprint density at radius 1 is 1.07 bits per heavy atom. The van der Waals surface area contributed by atoms with Crippen LogP contribution in [0.25, 0.3) is 10.9 Å². The molecule has 0 aliphatic carbocycles. The Morgan fingerprint density at radius 3 is 2.33 bits per heavy atom. The van der Waals surface area contributed by atoms with E-state index < -0.39 is 11.9 Å². The van der Waals surface area contributed by atoms with Crippen LogP contribution in [0.3, 0.4) is 0 Å². The van der Waals surface area contributed by atoms with Crippen molar-refractivity contribution >= 4 is 40.3 Å². The molecule has 0 radical (unpaired) electrons. The van der Waals surface area contributed by atoms with Gasteiger partial charge in [-0.25, -0.2) is 19.6 Å². The van der Waals surface area contributed by atoms with Crippen LogP contribution < -0.4 is 10.6 Å². The van der Waals surface area contributed by atoms with Gasteiger partial charge in [-0.15, -0.1) is 0 Å². The summed E-state index contributed by atoms with van der Waals surface area (Å²) in [7, 11) is 0. The first-order valence-electron chi connectivity index (χ1n) is 8.29. The fraction of sp³-hybridized carbons (Fsp3) is 0.278. The fourth-order valence-corrected chi connectivity index (χ4v) is 2.21. The average molecular weight is 372 g/mol. The maximum absolute atomic E-state index is 12.0. The van der Waals surface area contributed by atoms with Gasteiger partial charge in [0.25, 0.3) is 0 Å². The van der Waals surface area contributed by atoms with E-state index in [2.05, 4.69) is 20.6 Å². The summed E-state index contributed by atoms with van der Waals surface area (Å²) in [5.41, 5.74) is 0.889. The second-order valence-corrected chi connectivity index (χ2v) is 5.28. The quantitative estimate of drug-likeness (QED) is 0.328. The molecule has 1 heterocycles. The number of ether oxygens (including phenoxy) is 2. The van der Waals surface area contributed by atoms with Crippen molar-refractivity contribution in [2.24, 2.45) is 0 Å². The summed E-state index contributed by atoms with van der Waals surface area (Å²) in [6, 6.07) is 5.11. The van der Waals surface area contributed by atoms with E-state index in [4.69, 9.17) is 9.47 Å². The highest BCUT2D eigenvalue weighted by Gasteiger charge is 2.21. The summed E-state index contributed by atoms with van der Waals surface area (Å²) >= 11 is 0. The lowest BCUT2D eigenvalue weighted by molar-refractivity contribution is -0.146. The SMILES string of the molecule is CCOC(=O)C(=CNc1ncnc2ccc(NC(C)=O)cc12)C(=O)OCC. The predicted octanol–water partition coefficient (Wildman–Crippen LogP) is 2.01. The summed E-state index contributed by atoms with van der Waals surface area (Å²) in [6.07, 6.45) is 2.52. The van der Waals surface area contributed by atoms with Crippen LogP contribution in [0.1, 0.15) is 20.8 Å². The van der Waals surface area contributed by atoms with Gasteiger partial charge in [0.15, 0.2) is 5.57 Å². The Hall–Kier alpha value is -3.49. The highest BCUT2D eigenvalue weighted by Crippen LogP contribution is 2.23. The molecule has 1 aromatic heterocycles. The molecule has 9 heteroatoms. The third-order valence-corrected chi connectivity index (χ3v) is 3.30. The second-order valence-electron chi connectivity index (χ2n) is 5.28. The van der Waals surface area contributed by atoms with Crippen LogP contribution in [0, 0.1) is 0 Å². The fourth-order valence-electron chi connectivity index (χ4n) is 2.21. The molecule has 1 aromatic carbocycles. The van der Waals surface area contributed by atoms with E-state index in [0.717, 1.165) is 0 Å². The zero-order chi connectivity index (χ0) is 19.8. The summed E-state index contributed by atoms with van der Waals surface area (Å²) < 4.78 is 9.76. The molecule has 1 amide bonds. The van der Waals surface area contributed by atoms with E-state index in [0.29, 0.717) is 22.4 Å². The number of nitrogens with one attached hydrogen (secondary N) is 2. The minimum Gasteiger partial charge on any atom is -0.462 e. The number of rotatable bonds is 7. The molecule has 9 nitrogen and oxygen atoms in total. The average Bonchev–Trinajstić information content (AvgIpc) is 2.62. The van der Waals surface area contributed by atoms with Gasteiger partial charge in [-0.3, -0.25) is 4.79 Å². The topological polar surface area (TPSA) is 120 Å². The third kappa shape index (κ3) is 5.24. The van der Waals surface area contributed by atoms with Crippen molar-refractivity contribution in [3.05, 3.63) is 36.3 Å². The lowest BCUT2D eigenvalue weighted by Gasteiger charge is -2.09. The molecular formula is C18H20N4O5. The van der Waals surface area contributed by atoms with Crippen LogP contribution in [0.5, 0.6) is 0 Å². The van der Waals surface area contributed by atoms with Gasteiger partial charge in [-0.2, -0.15) is 0 Å². The van der Waals surface area contributed by atoms with Gasteiger partial charge in [0.2, 0.25) is 5.91 Å². The molecule has 27 heavy (non-hydrogen) atoms. The molecule has 142 valence electrons. The molecule has 0 bridgehead atoms. The smallest absolute Gasteiger partial charge is 0.347 e. The van der Waals surface area contributed by atoms with Crippen molar-refractivity contribution in [1.82, 2.24) is 9.97 Å². The summed E-state index contributed by atoms with van der Waals surface area (Å²) in [5, 5.41) is 6.08. The molecule has 0 atom stereocenters. The number of benzene rings is 1. The van der Waals surface area contributed by atoms with Crippen molar-refractivity contribution in [1.29, 1.82) is 0 Å². The maximum Gasteiger partial charge on any atom is 0.347 e. The van der Waals surface area contributed by atoms with Gasteiger partial charge in [-0.05, 0) is 32.0 Å². The molecule has 2 N–H and O–H groups in total. The number of carbonyl (C=O) groups excluding carboxylic acids is 3. The monoisotopic (exact) mass is 372 g/mol. The Labute approximate surface area is 155 Å². The highest BCUT2D eigenvalue weighted by molar-refractivity contribution is 6.14. The molecule has 2 rings (SSSR count). The van der Waals surface area contributed by atoms with Crippen LogP contribution in [0.4, 0.5) is 11.5 Å². The Kier molecular flexibility index (Phi) is 6.81. The van der Waals surface area contributed by atoms with Gasteiger partial charge in [0.1, 0.15) is 12.1 Å². The molecule has 0 spiro atoms. The molecule has 2 aromatic rings. The van der Waals surface area contributed by atoms with Gasteiger partial charge in [0, 0.05) is 24.2 Å². The van der Waals surface area contributed by atoms with E-state index in [1.807, 2.05) is 0 Å². The number of nitrogens with zero attached hydrogens (tertiary/aromatic N) is 2. The van der Waals surface area contributed by atoms with Crippen molar-refractivity contribution in [2.45, 2.75) is 20.8 Å². The van der Waals surface area contributed by atoms with E-state index in [1.165, 1.54) is 19.5 Å². The van der Waals surface area contributed by atoms with Gasteiger partial charge in [0.05, 0.1) is 18.7 Å². The largest absolute Gasteiger partial charge is 0.462 e. The predicted molar refractivity (Wildman–Crippen MR) is 98.8 cm³/mol. The molecule has 0 aliphatic rings.